The van der Waals surface area contributed by atoms with E-state index in [0.717, 1.165) is 29.8 Å². The van der Waals surface area contributed by atoms with Gasteiger partial charge in [-0.05, 0) is 12.5 Å². The highest BCUT2D eigenvalue weighted by molar-refractivity contribution is 5.74. The summed E-state index contributed by atoms with van der Waals surface area (Å²) in [6.45, 7) is 5.89. The molecule has 4 heteroatoms. The van der Waals surface area contributed by atoms with Crippen LogP contribution in [0.5, 0.6) is 0 Å². The van der Waals surface area contributed by atoms with Crippen molar-refractivity contribution in [1.82, 2.24) is 14.5 Å². The molecule has 0 aliphatic heterocycles. The molecule has 0 saturated heterocycles. The summed E-state index contributed by atoms with van der Waals surface area (Å²) in [7, 11) is 0. The number of rotatable bonds is 4. The first-order valence-electron chi connectivity index (χ1n) is 5.78. The number of hydrogen-bond acceptors (Lipinski definition) is 3. The van der Waals surface area contributed by atoms with E-state index in [1.807, 2.05) is 18.5 Å². The van der Waals surface area contributed by atoms with E-state index in [4.69, 9.17) is 5.73 Å². The number of aryl methyl sites for hydroxylation is 1. The molecule has 4 nitrogen and oxygen atoms in total. The Morgan fingerprint density at radius 2 is 2.31 bits per heavy atom. The van der Waals surface area contributed by atoms with E-state index in [1.165, 1.54) is 0 Å². The van der Waals surface area contributed by atoms with Gasteiger partial charge in [-0.25, -0.2) is 4.98 Å². The Kier molecular flexibility index (Phi) is 3.19. The summed E-state index contributed by atoms with van der Waals surface area (Å²) in [4.78, 5) is 8.73. The first-order chi connectivity index (χ1) is 7.77. The lowest BCUT2D eigenvalue weighted by Crippen LogP contribution is -2.14. The smallest absolute Gasteiger partial charge is 0.114 e. The highest BCUT2D eigenvalue weighted by atomic mass is 15.1. The van der Waals surface area contributed by atoms with Crippen LogP contribution >= 0.6 is 0 Å². The van der Waals surface area contributed by atoms with Gasteiger partial charge in [-0.15, -0.1) is 0 Å². The van der Waals surface area contributed by atoms with Crippen molar-refractivity contribution in [1.29, 1.82) is 0 Å². The third-order valence-electron chi connectivity index (χ3n) is 2.82. The van der Waals surface area contributed by atoms with Crippen molar-refractivity contribution in [3.63, 3.8) is 0 Å². The SMILES string of the molecule is CCCn1c(C(C)CN)nc2cnccc21. The molecule has 16 heavy (non-hydrogen) atoms. The van der Waals surface area contributed by atoms with E-state index < -0.39 is 0 Å². The summed E-state index contributed by atoms with van der Waals surface area (Å²) < 4.78 is 2.26. The minimum Gasteiger partial charge on any atom is -0.330 e. The number of imidazole rings is 1. The zero-order chi connectivity index (χ0) is 11.5. The van der Waals surface area contributed by atoms with E-state index in [0.29, 0.717) is 12.5 Å². The lowest BCUT2D eigenvalue weighted by molar-refractivity contribution is 0.606. The summed E-state index contributed by atoms with van der Waals surface area (Å²) in [5.74, 6) is 1.37. The van der Waals surface area contributed by atoms with Gasteiger partial charge in [0.1, 0.15) is 11.3 Å². The van der Waals surface area contributed by atoms with E-state index in [-0.39, 0.29) is 0 Å². The molecule has 0 aromatic carbocycles. The first-order valence-corrected chi connectivity index (χ1v) is 5.78. The van der Waals surface area contributed by atoms with Gasteiger partial charge < -0.3 is 10.3 Å². The van der Waals surface area contributed by atoms with Crippen LogP contribution < -0.4 is 5.73 Å². The number of aromatic nitrogens is 3. The molecule has 0 aliphatic carbocycles. The third kappa shape index (κ3) is 1.80. The Hall–Kier alpha value is -1.42. The van der Waals surface area contributed by atoms with Crippen LogP contribution in [-0.4, -0.2) is 21.1 Å². The molecular weight excluding hydrogens is 200 g/mol. The number of pyridine rings is 1. The molecule has 0 bridgehead atoms. The monoisotopic (exact) mass is 218 g/mol. The Morgan fingerprint density at radius 1 is 1.50 bits per heavy atom. The Bertz CT molecular complexity index is 475. The van der Waals surface area contributed by atoms with Gasteiger partial charge in [-0.1, -0.05) is 13.8 Å². The van der Waals surface area contributed by atoms with E-state index >= 15 is 0 Å². The molecule has 2 heterocycles. The Morgan fingerprint density at radius 3 is 3.00 bits per heavy atom. The van der Waals surface area contributed by atoms with Crippen molar-refractivity contribution in [2.24, 2.45) is 5.73 Å². The van der Waals surface area contributed by atoms with Crippen LogP contribution in [0.15, 0.2) is 18.5 Å². The predicted molar refractivity (Wildman–Crippen MR) is 65.3 cm³/mol. The van der Waals surface area contributed by atoms with Crippen molar-refractivity contribution in [3.05, 3.63) is 24.3 Å². The molecular formula is C12H18N4. The summed E-state index contributed by atoms with van der Waals surface area (Å²) in [5.41, 5.74) is 7.85. The van der Waals surface area contributed by atoms with Gasteiger partial charge in [0.2, 0.25) is 0 Å². The molecule has 86 valence electrons. The summed E-state index contributed by atoms with van der Waals surface area (Å²) >= 11 is 0. The minimum absolute atomic E-state index is 0.291. The molecule has 0 radical (unpaired) electrons. The summed E-state index contributed by atoms with van der Waals surface area (Å²) in [6.07, 6.45) is 4.72. The molecule has 2 aromatic heterocycles. The second kappa shape index (κ2) is 4.61. The fourth-order valence-electron chi connectivity index (χ4n) is 1.94. The van der Waals surface area contributed by atoms with E-state index in [1.54, 1.807) is 0 Å². The van der Waals surface area contributed by atoms with Gasteiger partial charge in [0.05, 0.1) is 11.7 Å². The maximum Gasteiger partial charge on any atom is 0.114 e. The molecule has 2 aromatic rings. The lowest BCUT2D eigenvalue weighted by atomic mass is 10.1. The van der Waals surface area contributed by atoms with E-state index in [9.17, 15) is 0 Å². The van der Waals surface area contributed by atoms with Gasteiger partial charge in [0.15, 0.2) is 0 Å². The maximum absolute atomic E-state index is 5.72. The standard InChI is InChI=1S/C12H18N4/c1-3-6-16-11-4-5-14-8-10(11)15-12(16)9(2)7-13/h4-5,8-9H,3,6-7,13H2,1-2H3. The summed E-state index contributed by atoms with van der Waals surface area (Å²) in [5, 5.41) is 0. The zero-order valence-corrected chi connectivity index (χ0v) is 9.85. The van der Waals surface area contributed by atoms with Gasteiger partial charge in [0, 0.05) is 25.2 Å². The topological polar surface area (TPSA) is 56.7 Å². The highest BCUT2D eigenvalue weighted by Gasteiger charge is 2.14. The van der Waals surface area contributed by atoms with Gasteiger partial charge in [0.25, 0.3) is 0 Å². The predicted octanol–water partition coefficient (Wildman–Crippen LogP) is 1.90. The van der Waals surface area contributed by atoms with Gasteiger partial charge >= 0.3 is 0 Å². The van der Waals surface area contributed by atoms with Crippen LogP contribution in [0.25, 0.3) is 11.0 Å². The molecule has 1 atom stereocenters. The first kappa shape index (κ1) is 11.1. The van der Waals surface area contributed by atoms with Crippen LogP contribution in [0.3, 0.4) is 0 Å². The Balaban J connectivity index is 2.58. The van der Waals surface area contributed by atoms with Crippen molar-refractivity contribution in [3.8, 4) is 0 Å². The zero-order valence-electron chi connectivity index (χ0n) is 9.85. The third-order valence-corrected chi connectivity index (χ3v) is 2.82. The molecule has 1 unspecified atom stereocenters. The molecule has 0 spiro atoms. The average Bonchev–Trinajstić information content (AvgIpc) is 2.68. The minimum atomic E-state index is 0.291. The fourth-order valence-corrected chi connectivity index (χ4v) is 1.94. The lowest BCUT2D eigenvalue weighted by Gasteiger charge is -2.11. The van der Waals surface area contributed by atoms with Crippen molar-refractivity contribution in [2.75, 3.05) is 6.54 Å². The maximum atomic E-state index is 5.72. The van der Waals surface area contributed by atoms with E-state index in [2.05, 4.69) is 28.4 Å². The second-order valence-corrected chi connectivity index (χ2v) is 4.12. The molecule has 0 amide bonds. The second-order valence-electron chi connectivity index (χ2n) is 4.12. The average molecular weight is 218 g/mol. The van der Waals surface area contributed by atoms with Crippen LogP contribution in [0, 0.1) is 0 Å². The molecule has 2 rings (SSSR count). The van der Waals surface area contributed by atoms with Crippen LogP contribution in [0.2, 0.25) is 0 Å². The fraction of sp³-hybridized carbons (Fsp3) is 0.500. The van der Waals surface area contributed by atoms with Gasteiger partial charge in [-0.3, -0.25) is 4.98 Å². The van der Waals surface area contributed by atoms with Crippen LogP contribution in [0.4, 0.5) is 0 Å². The number of nitrogens with zero attached hydrogens (tertiary/aromatic N) is 3. The molecule has 0 fully saturated rings. The molecule has 0 aliphatic rings. The number of hydrogen-bond donors (Lipinski definition) is 1. The van der Waals surface area contributed by atoms with Crippen molar-refractivity contribution >= 4 is 11.0 Å². The molecule has 0 saturated carbocycles. The van der Waals surface area contributed by atoms with Crippen LogP contribution in [0.1, 0.15) is 32.0 Å². The number of nitrogens with two attached hydrogens (primary N) is 1. The normalized spacial score (nSPS) is 13.2. The highest BCUT2D eigenvalue weighted by Crippen LogP contribution is 2.21. The summed E-state index contributed by atoms with van der Waals surface area (Å²) in [6, 6.07) is 2.02. The van der Waals surface area contributed by atoms with Crippen molar-refractivity contribution in [2.45, 2.75) is 32.7 Å². The number of fused-ring (bicyclic) bond motifs is 1. The van der Waals surface area contributed by atoms with Gasteiger partial charge in [-0.2, -0.15) is 0 Å². The quantitative estimate of drug-likeness (QED) is 0.852. The molecule has 2 N–H and O–H groups in total. The Labute approximate surface area is 95.5 Å². The largest absolute Gasteiger partial charge is 0.330 e. The van der Waals surface area contributed by atoms with Crippen LogP contribution in [-0.2, 0) is 6.54 Å². The van der Waals surface area contributed by atoms with Crippen molar-refractivity contribution < 1.29 is 0 Å².